The van der Waals surface area contributed by atoms with Crippen LogP contribution in [0.4, 0.5) is 0 Å². The van der Waals surface area contributed by atoms with Crippen LogP contribution >= 0.6 is 0 Å². The summed E-state index contributed by atoms with van der Waals surface area (Å²) in [5.74, 6) is -0.579. The molecule has 0 aliphatic heterocycles. The fourth-order valence-electron chi connectivity index (χ4n) is 3.27. The van der Waals surface area contributed by atoms with Gasteiger partial charge in [0, 0.05) is 23.4 Å². The fourth-order valence-corrected chi connectivity index (χ4v) is 3.27. The van der Waals surface area contributed by atoms with Crippen molar-refractivity contribution >= 4 is 5.97 Å². The van der Waals surface area contributed by atoms with E-state index in [2.05, 4.69) is 10.3 Å². The van der Waals surface area contributed by atoms with Crippen molar-refractivity contribution in [1.82, 2.24) is 10.3 Å². The van der Waals surface area contributed by atoms with Crippen LogP contribution in [0.1, 0.15) is 45.4 Å². The maximum absolute atomic E-state index is 12.3. The Morgan fingerprint density at radius 2 is 1.70 bits per heavy atom. The molecule has 148 valence electrons. The standard InChI is InChI=1S/C19H26N2O6/c1-3-27-19(26)18-15(10-25)17(16(21-18)6-20-2)12-5-4-11(7-22)13(8-23)14(12)9-24/h4-5,20-25H,3,6-10H2,1-2H3. The summed E-state index contributed by atoms with van der Waals surface area (Å²) in [7, 11) is 1.74. The number of nitrogens with one attached hydrogen (secondary N) is 2. The van der Waals surface area contributed by atoms with Gasteiger partial charge in [-0.25, -0.2) is 4.79 Å². The van der Waals surface area contributed by atoms with Crippen molar-refractivity contribution in [3.63, 3.8) is 0 Å². The molecule has 2 rings (SSSR count). The second kappa shape index (κ2) is 9.63. The topological polar surface area (TPSA) is 135 Å². The summed E-state index contributed by atoms with van der Waals surface area (Å²) in [4.78, 5) is 15.3. The normalized spacial score (nSPS) is 11.0. The molecule has 0 spiro atoms. The van der Waals surface area contributed by atoms with E-state index in [1.54, 1.807) is 26.1 Å². The molecule has 0 saturated heterocycles. The van der Waals surface area contributed by atoms with Gasteiger partial charge in [-0.1, -0.05) is 12.1 Å². The van der Waals surface area contributed by atoms with Crippen molar-refractivity contribution in [1.29, 1.82) is 0 Å². The number of aliphatic hydroxyl groups is 4. The highest BCUT2D eigenvalue weighted by Crippen LogP contribution is 2.36. The zero-order valence-electron chi connectivity index (χ0n) is 15.5. The predicted molar refractivity (Wildman–Crippen MR) is 98.6 cm³/mol. The van der Waals surface area contributed by atoms with E-state index < -0.39 is 12.6 Å². The highest BCUT2D eigenvalue weighted by molar-refractivity contribution is 5.93. The Balaban J connectivity index is 2.79. The van der Waals surface area contributed by atoms with E-state index in [0.717, 1.165) is 0 Å². The minimum absolute atomic E-state index is 0.153. The second-order valence-electron chi connectivity index (χ2n) is 5.94. The molecule has 8 heteroatoms. The summed E-state index contributed by atoms with van der Waals surface area (Å²) < 4.78 is 5.07. The summed E-state index contributed by atoms with van der Waals surface area (Å²) in [6, 6.07) is 3.36. The summed E-state index contributed by atoms with van der Waals surface area (Å²) >= 11 is 0. The van der Waals surface area contributed by atoms with Crippen LogP contribution in [0, 0.1) is 0 Å². The van der Waals surface area contributed by atoms with Gasteiger partial charge in [0.15, 0.2) is 0 Å². The lowest BCUT2D eigenvalue weighted by Crippen LogP contribution is -2.09. The number of hydrogen-bond acceptors (Lipinski definition) is 7. The number of aromatic nitrogens is 1. The number of carbonyl (C=O) groups is 1. The molecule has 0 amide bonds. The van der Waals surface area contributed by atoms with Crippen LogP contribution in [0.2, 0.25) is 0 Å². The molecule has 0 fully saturated rings. The number of aromatic amines is 1. The van der Waals surface area contributed by atoms with Gasteiger partial charge in [-0.3, -0.25) is 0 Å². The highest BCUT2D eigenvalue weighted by atomic mass is 16.5. The number of rotatable bonds is 9. The Morgan fingerprint density at radius 1 is 1.04 bits per heavy atom. The molecule has 8 nitrogen and oxygen atoms in total. The molecule has 0 saturated carbocycles. The lowest BCUT2D eigenvalue weighted by molar-refractivity contribution is 0.0516. The molecule has 2 aromatic rings. The van der Waals surface area contributed by atoms with Crippen molar-refractivity contribution in [2.45, 2.75) is 39.9 Å². The molecule has 1 heterocycles. The predicted octanol–water partition coefficient (Wildman–Crippen LogP) is 0.547. The van der Waals surface area contributed by atoms with Crippen LogP contribution < -0.4 is 5.32 Å². The van der Waals surface area contributed by atoms with Gasteiger partial charge < -0.3 is 35.5 Å². The van der Waals surface area contributed by atoms with Gasteiger partial charge in [0.2, 0.25) is 0 Å². The van der Waals surface area contributed by atoms with Crippen molar-refractivity contribution in [2.75, 3.05) is 13.7 Å². The second-order valence-corrected chi connectivity index (χ2v) is 5.94. The number of hydrogen-bond donors (Lipinski definition) is 6. The number of H-pyrrole nitrogens is 1. The maximum Gasteiger partial charge on any atom is 0.355 e. The first-order chi connectivity index (χ1) is 13.1. The van der Waals surface area contributed by atoms with Gasteiger partial charge in [0.05, 0.1) is 33.0 Å². The molecule has 0 radical (unpaired) electrons. The molecule has 1 aromatic carbocycles. The van der Waals surface area contributed by atoms with Gasteiger partial charge in [-0.05, 0) is 36.2 Å². The summed E-state index contributed by atoms with van der Waals surface area (Å²) in [5.41, 5.74) is 3.65. The van der Waals surface area contributed by atoms with E-state index in [0.29, 0.717) is 45.6 Å². The molecule has 0 aliphatic rings. The van der Waals surface area contributed by atoms with E-state index in [-0.39, 0.29) is 32.1 Å². The van der Waals surface area contributed by atoms with E-state index in [1.165, 1.54) is 0 Å². The monoisotopic (exact) mass is 378 g/mol. The van der Waals surface area contributed by atoms with E-state index in [9.17, 15) is 25.2 Å². The van der Waals surface area contributed by atoms with Crippen molar-refractivity contribution in [2.24, 2.45) is 0 Å². The SMILES string of the molecule is CCOC(=O)c1[nH]c(CNC)c(-c2ccc(CO)c(CO)c2CO)c1CO. The van der Waals surface area contributed by atoms with Crippen molar-refractivity contribution < 1.29 is 30.0 Å². The van der Waals surface area contributed by atoms with Gasteiger partial charge in [-0.15, -0.1) is 0 Å². The Labute approximate surface area is 157 Å². The molecule has 1 aromatic heterocycles. The van der Waals surface area contributed by atoms with E-state index in [1.807, 2.05) is 0 Å². The number of esters is 1. The third-order valence-electron chi connectivity index (χ3n) is 4.46. The number of aliphatic hydroxyl groups excluding tert-OH is 4. The first-order valence-electron chi connectivity index (χ1n) is 8.70. The van der Waals surface area contributed by atoms with E-state index in [4.69, 9.17) is 4.74 Å². The minimum Gasteiger partial charge on any atom is -0.461 e. The van der Waals surface area contributed by atoms with E-state index >= 15 is 0 Å². The molecule has 0 atom stereocenters. The quantitative estimate of drug-likeness (QED) is 0.351. The van der Waals surface area contributed by atoms with Crippen molar-refractivity contribution in [3.8, 4) is 11.1 Å². The lowest BCUT2D eigenvalue weighted by atomic mass is 9.90. The molecule has 6 N–H and O–H groups in total. The van der Waals surface area contributed by atoms with Crippen LogP contribution in [0.25, 0.3) is 11.1 Å². The summed E-state index contributed by atoms with van der Waals surface area (Å²) in [6.07, 6.45) is 0. The fraction of sp³-hybridized carbons (Fsp3) is 0.421. The molecule has 0 aliphatic carbocycles. The third kappa shape index (κ3) is 4.05. The van der Waals surface area contributed by atoms with Crippen LogP contribution in [-0.4, -0.2) is 45.0 Å². The zero-order chi connectivity index (χ0) is 20.0. The maximum atomic E-state index is 12.3. The largest absolute Gasteiger partial charge is 0.461 e. The minimum atomic E-state index is -0.579. The molecular formula is C19H26N2O6. The van der Waals surface area contributed by atoms with Crippen LogP contribution in [0.3, 0.4) is 0 Å². The lowest BCUT2D eigenvalue weighted by Gasteiger charge is -2.17. The molecule has 0 bridgehead atoms. The zero-order valence-corrected chi connectivity index (χ0v) is 15.5. The molecule has 27 heavy (non-hydrogen) atoms. The van der Waals surface area contributed by atoms with Gasteiger partial charge in [0.1, 0.15) is 5.69 Å². The highest BCUT2D eigenvalue weighted by Gasteiger charge is 2.25. The Kier molecular flexibility index (Phi) is 7.52. The third-order valence-corrected chi connectivity index (χ3v) is 4.46. The number of benzene rings is 1. The molecular weight excluding hydrogens is 352 g/mol. The average molecular weight is 378 g/mol. The van der Waals surface area contributed by atoms with Crippen LogP contribution in [0.15, 0.2) is 12.1 Å². The molecule has 0 unspecified atom stereocenters. The average Bonchev–Trinajstić information content (AvgIpc) is 3.05. The smallest absolute Gasteiger partial charge is 0.355 e. The number of carbonyl (C=O) groups excluding carboxylic acids is 1. The van der Waals surface area contributed by atoms with Crippen LogP contribution in [0.5, 0.6) is 0 Å². The summed E-state index contributed by atoms with van der Waals surface area (Å²) in [6.45, 7) is 0.850. The van der Waals surface area contributed by atoms with Crippen LogP contribution in [-0.2, 0) is 37.7 Å². The van der Waals surface area contributed by atoms with Gasteiger partial charge in [0.25, 0.3) is 0 Å². The Bertz CT molecular complexity index is 800. The first kappa shape index (κ1) is 21.1. The first-order valence-corrected chi connectivity index (χ1v) is 8.70. The number of ether oxygens (including phenoxy) is 1. The van der Waals surface area contributed by atoms with Gasteiger partial charge >= 0.3 is 5.97 Å². The Morgan fingerprint density at radius 3 is 2.22 bits per heavy atom. The van der Waals surface area contributed by atoms with Crippen molar-refractivity contribution in [3.05, 3.63) is 45.8 Å². The summed E-state index contributed by atoms with van der Waals surface area (Å²) in [5, 5.41) is 42.1. The Hall–Kier alpha value is -2.23. The van der Waals surface area contributed by atoms with Gasteiger partial charge in [-0.2, -0.15) is 0 Å².